The lowest BCUT2D eigenvalue weighted by molar-refractivity contribution is -0.142. The van der Waals surface area contributed by atoms with E-state index in [-0.39, 0.29) is 36.9 Å². The minimum atomic E-state index is -4.79. The topological polar surface area (TPSA) is 35.0 Å². The lowest BCUT2D eigenvalue weighted by Crippen LogP contribution is -2.11. The molecule has 0 saturated heterocycles. The average molecular weight is 428 g/mol. The number of hydrogen-bond acceptors (Lipinski definition) is 3. The summed E-state index contributed by atoms with van der Waals surface area (Å²) in [4.78, 5) is 7.44. The first-order chi connectivity index (χ1) is 11.6. The molecule has 3 nitrogen and oxygen atoms in total. The molecule has 0 aliphatic heterocycles. The van der Waals surface area contributed by atoms with Gasteiger partial charge in [-0.3, -0.25) is 0 Å². The Morgan fingerprint density at radius 1 is 0.760 bits per heavy atom. The zero-order valence-corrected chi connectivity index (χ0v) is 14.9. The van der Waals surface area contributed by atoms with Crippen molar-refractivity contribution in [3.8, 4) is 11.6 Å². The molecule has 2 aromatic carbocycles. The van der Waals surface area contributed by atoms with Crippen LogP contribution in [0.1, 0.15) is 5.69 Å². The van der Waals surface area contributed by atoms with E-state index in [0.717, 1.165) is 0 Å². The molecule has 0 saturated carbocycles. The van der Waals surface area contributed by atoms with Crippen molar-refractivity contribution in [2.75, 3.05) is 0 Å². The van der Waals surface area contributed by atoms with Crippen LogP contribution in [0.3, 0.4) is 0 Å². The summed E-state index contributed by atoms with van der Waals surface area (Å²) < 4.78 is 45.2. The van der Waals surface area contributed by atoms with Crippen molar-refractivity contribution in [3.05, 3.63) is 56.1 Å². The first-order valence-corrected chi connectivity index (χ1v) is 8.03. The Kier molecular flexibility index (Phi) is 4.90. The van der Waals surface area contributed by atoms with Crippen LogP contribution in [0, 0.1) is 0 Å². The van der Waals surface area contributed by atoms with Crippen LogP contribution in [0.15, 0.2) is 30.3 Å². The molecule has 25 heavy (non-hydrogen) atoms. The Hall–Kier alpha value is -1.47. The van der Waals surface area contributed by atoms with E-state index in [9.17, 15) is 13.2 Å². The van der Waals surface area contributed by atoms with Gasteiger partial charge in [0.1, 0.15) is 5.75 Å². The number of rotatable bonds is 2. The van der Waals surface area contributed by atoms with E-state index in [4.69, 9.17) is 51.1 Å². The van der Waals surface area contributed by atoms with Gasteiger partial charge in [-0.25, -0.2) is 9.97 Å². The number of benzene rings is 2. The number of ether oxygens (including phenoxy) is 1. The fourth-order valence-electron chi connectivity index (χ4n) is 1.94. The molecule has 0 spiro atoms. The third-order valence-corrected chi connectivity index (χ3v) is 4.51. The van der Waals surface area contributed by atoms with Gasteiger partial charge in [0.2, 0.25) is 5.69 Å². The standard InChI is InChI=1S/C15H5Cl4F3N2O/c16-7-2-1-6(3-8(7)17)25-14-13(15(20,21)22)23-11-4-9(18)10(19)5-12(11)24-14/h1-5H. The molecule has 0 radical (unpaired) electrons. The van der Waals surface area contributed by atoms with Crippen LogP contribution >= 0.6 is 46.4 Å². The number of aromatic nitrogens is 2. The second kappa shape index (κ2) is 6.68. The minimum absolute atomic E-state index is 0.0219. The van der Waals surface area contributed by atoms with Crippen molar-refractivity contribution in [1.29, 1.82) is 0 Å². The number of alkyl halides is 3. The highest BCUT2D eigenvalue weighted by Crippen LogP contribution is 2.38. The summed E-state index contributed by atoms with van der Waals surface area (Å²) in [6, 6.07) is 6.51. The molecule has 130 valence electrons. The molecule has 0 amide bonds. The fraction of sp³-hybridized carbons (Fsp3) is 0.0667. The molecule has 1 aromatic heterocycles. The van der Waals surface area contributed by atoms with Crippen molar-refractivity contribution < 1.29 is 17.9 Å². The summed E-state index contributed by atoms with van der Waals surface area (Å²) in [7, 11) is 0. The monoisotopic (exact) mass is 426 g/mol. The maximum atomic E-state index is 13.3. The third kappa shape index (κ3) is 3.87. The van der Waals surface area contributed by atoms with Gasteiger partial charge in [0.15, 0.2) is 0 Å². The van der Waals surface area contributed by atoms with Crippen LogP contribution in [0.4, 0.5) is 13.2 Å². The molecule has 3 rings (SSSR count). The summed E-state index contributed by atoms with van der Waals surface area (Å²) in [5.74, 6) is -0.717. The fourth-order valence-corrected chi connectivity index (χ4v) is 2.55. The summed E-state index contributed by atoms with van der Waals surface area (Å²) in [6.45, 7) is 0. The highest BCUT2D eigenvalue weighted by atomic mass is 35.5. The molecule has 10 heteroatoms. The second-order valence-corrected chi connectivity index (χ2v) is 6.44. The quantitative estimate of drug-likeness (QED) is 0.439. The van der Waals surface area contributed by atoms with E-state index in [1.165, 1.54) is 30.3 Å². The first-order valence-electron chi connectivity index (χ1n) is 6.52. The van der Waals surface area contributed by atoms with E-state index in [0.29, 0.717) is 0 Å². The first kappa shape index (κ1) is 18.3. The molecule has 0 aliphatic carbocycles. The van der Waals surface area contributed by atoms with Gasteiger partial charge >= 0.3 is 6.18 Å². The van der Waals surface area contributed by atoms with Gasteiger partial charge in [0.25, 0.3) is 5.88 Å². The van der Waals surface area contributed by atoms with Gasteiger partial charge in [0, 0.05) is 6.07 Å². The van der Waals surface area contributed by atoms with E-state index >= 15 is 0 Å². The van der Waals surface area contributed by atoms with Gasteiger partial charge < -0.3 is 4.74 Å². The van der Waals surface area contributed by atoms with E-state index in [2.05, 4.69) is 9.97 Å². The van der Waals surface area contributed by atoms with Crippen LogP contribution in [0.2, 0.25) is 20.1 Å². The van der Waals surface area contributed by atoms with Crippen molar-refractivity contribution in [3.63, 3.8) is 0 Å². The normalized spacial score (nSPS) is 11.8. The highest BCUT2D eigenvalue weighted by Gasteiger charge is 2.38. The second-order valence-electron chi connectivity index (χ2n) is 4.81. The van der Waals surface area contributed by atoms with Crippen molar-refractivity contribution in [2.24, 2.45) is 0 Å². The molecule has 0 atom stereocenters. The molecule has 0 fully saturated rings. The lowest BCUT2D eigenvalue weighted by atomic mass is 10.2. The van der Waals surface area contributed by atoms with Gasteiger partial charge in [-0.2, -0.15) is 13.2 Å². The molecule has 0 N–H and O–H groups in total. The van der Waals surface area contributed by atoms with Crippen LogP contribution in [-0.2, 0) is 6.18 Å². The predicted molar refractivity (Wildman–Crippen MR) is 91.1 cm³/mol. The molecule has 0 aliphatic rings. The zero-order chi connectivity index (χ0) is 18.4. The average Bonchev–Trinajstić information content (AvgIpc) is 2.51. The molecular weight excluding hydrogens is 423 g/mol. The summed E-state index contributed by atoms with van der Waals surface area (Å²) in [5.41, 5.74) is -1.27. The van der Waals surface area contributed by atoms with Crippen LogP contribution in [0.25, 0.3) is 11.0 Å². The number of halogens is 7. The van der Waals surface area contributed by atoms with E-state index in [1.54, 1.807) is 0 Å². The van der Waals surface area contributed by atoms with Crippen LogP contribution < -0.4 is 4.74 Å². The Morgan fingerprint density at radius 3 is 1.88 bits per heavy atom. The molecule has 3 aromatic rings. The number of fused-ring (bicyclic) bond motifs is 1. The smallest absolute Gasteiger partial charge is 0.437 e. The molecular formula is C15H5Cl4F3N2O. The Balaban J connectivity index is 2.17. The van der Waals surface area contributed by atoms with Crippen molar-refractivity contribution >= 4 is 57.4 Å². The highest BCUT2D eigenvalue weighted by molar-refractivity contribution is 6.43. The zero-order valence-electron chi connectivity index (χ0n) is 11.8. The molecule has 0 unspecified atom stereocenters. The van der Waals surface area contributed by atoms with Gasteiger partial charge in [-0.05, 0) is 24.3 Å². The van der Waals surface area contributed by atoms with Gasteiger partial charge in [0.05, 0.1) is 31.1 Å². The van der Waals surface area contributed by atoms with Crippen LogP contribution in [0.5, 0.6) is 11.6 Å². The minimum Gasteiger partial charge on any atom is -0.437 e. The van der Waals surface area contributed by atoms with Crippen molar-refractivity contribution in [1.82, 2.24) is 9.97 Å². The molecule has 1 heterocycles. The van der Waals surface area contributed by atoms with Gasteiger partial charge in [-0.15, -0.1) is 0 Å². The maximum absolute atomic E-state index is 13.3. The van der Waals surface area contributed by atoms with Gasteiger partial charge in [-0.1, -0.05) is 46.4 Å². The Morgan fingerprint density at radius 2 is 1.32 bits per heavy atom. The Bertz CT molecular complexity index is 979. The maximum Gasteiger partial charge on any atom is 0.438 e. The number of nitrogens with zero attached hydrogens (tertiary/aromatic N) is 2. The van der Waals surface area contributed by atoms with Crippen molar-refractivity contribution in [2.45, 2.75) is 6.18 Å². The largest absolute Gasteiger partial charge is 0.438 e. The van der Waals surface area contributed by atoms with E-state index < -0.39 is 17.8 Å². The summed E-state index contributed by atoms with van der Waals surface area (Å²) in [5, 5.41) is 0.547. The van der Waals surface area contributed by atoms with Crippen LogP contribution in [-0.4, -0.2) is 9.97 Å². The lowest BCUT2D eigenvalue weighted by Gasteiger charge is -2.13. The summed E-state index contributed by atoms with van der Waals surface area (Å²) in [6.07, 6.45) is -4.79. The Labute approximate surface area is 159 Å². The SMILES string of the molecule is FC(F)(F)c1nc2cc(Cl)c(Cl)cc2nc1Oc1ccc(Cl)c(Cl)c1. The number of hydrogen-bond donors (Lipinski definition) is 0. The molecule has 0 bridgehead atoms. The van der Waals surface area contributed by atoms with E-state index in [1.807, 2.05) is 0 Å². The summed E-state index contributed by atoms with van der Waals surface area (Å²) >= 11 is 23.3. The third-order valence-electron chi connectivity index (χ3n) is 3.05. The predicted octanol–water partition coefficient (Wildman–Crippen LogP) is 7.05.